The second-order valence-corrected chi connectivity index (χ2v) is 7.06. The zero-order chi connectivity index (χ0) is 18.8. The van der Waals surface area contributed by atoms with Gasteiger partial charge in [-0.2, -0.15) is 0 Å². The van der Waals surface area contributed by atoms with Crippen LogP contribution in [-0.4, -0.2) is 38.6 Å². The normalized spacial score (nSPS) is 15.7. The van der Waals surface area contributed by atoms with E-state index >= 15 is 0 Å². The van der Waals surface area contributed by atoms with Crippen LogP contribution in [0.1, 0.15) is 44.6 Å². The molecule has 1 aromatic rings. The molecule has 0 aromatic heterocycles. The molecular formula is C20H33IN4O2. The first-order chi connectivity index (χ1) is 12.6. The average Bonchev–Trinajstić information content (AvgIpc) is 3.13. The number of ether oxygens (including phenoxy) is 1. The number of primary amides is 1. The molecule has 0 spiro atoms. The zero-order valence-corrected chi connectivity index (χ0v) is 18.8. The van der Waals surface area contributed by atoms with Gasteiger partial charge in [-0.25, -0.2) is 0 Å². The van der Waals surface area contributed by atoms with Crippen molar-refractivity contribution in [3.8, 4) is 5.75 Å². The summed E-state index contributed by atoms with van der Waals surface area (Å²) < 4.78 is 5.26. The maximum atomic E-state index is 10.7. The van der Waals surface area contributed by atoms with Gasteiger partial charge in [0.15, 0.2) is 12.6 Å². The van der Waals surface area contributed by atoms with E-state index in [1.54, 1.807) is 0 Å². The second-order valence-electron chi connectivity index (χ2n) is 7.06. The van der Waals surface area contributed by atoms with Gasteiger partial charge in [0.2, 0.25) is 0 Å². The third-order valence-corrected chi connectivity index (χ3v) is 5.28. The Labute approximate surface area is 179 Å². The molecule has 0 bridgehead atoms. The second kappa shape index (κ2) is 12.0. The lowest BCUT2D eigenvalue weighted by Gasteiger charge is -2.28. The standard InChI is InChI=1S/C20H32N4O2.HI/c1-3-20(11-4-5-12-20)15-24-19(22-2)23-13-10-16-6-8-17(9-7-16)26-14-18(21)25;/h6-9H,3-5,10-15H2,1-2H3,(H2,21,25)(H2,22,23,24);1H. The molecule has 7 heteroatoms. The van der Waals surface area contributed by atoms with Crippen molar-refractivity contribution in [1.29, 1.82) is 0 Å². The van der Waals surface area contributed by atoms with Gasteiger partial charge in [0, 0.05) is 20.1 Å². The van der Waals surface area contributed by atoms with Crippen molar-refractivity contribution in [2.24, 2.45) is 16.1 Å². The molecule has 1 aliphatic carbocycles. The third kappa shape index (κ3) is 7.94. The smallest absolute Gasteiger partial charge is 0.255 e. The Morgan fingerprint density at radius 3 is 2.44 bits per heavy atom. The summed E-state index contributed by atoms with van der Waals surface area (Å²) in [5, 5.41) is 6.89. The van der Waals surface area contributed by atoms with Crippen molar-refractivity contribution in [1.82, 2.24) is 10.6 Å². The first-order valence-corrected chi connectivity index (χ1v) is 9.51. The molecule has 0 unspecified atom stereocenters. The van der Waals surface area contributed by atoms with Gasteiger partial charge in [0.25, 0.3) is 5.91 Å². The van der Waals surface area contributed by atoms with E-state index in [9.17, 15) is 4.79 Å². The van der Waals surface area contributed by atoms with Gasteiger partial charge in [-0.05, 0) is 48.8 Å². The number of carbonyl (C=O) groups excluding carboxylic acids is 1. The summed E-state index contributed by atoms with van der Waals surface area (Å²) in [6.07, 6.45) is 7.44. The summed E-state index contributed by atoms with van der Waals surface area (Å²) in [6, 6.07) is 7.71. The average molecular weight is 488 g/mol. The molecule has 0 saturated heterocycles. The van der Waals surface area contributed by atoms with Crippen molar-refractivity contribution < 1.29 is 9.53 Å². The predicted octanol–water partition coefficient (Wildman–Crippen LogP) is 2.85. The van der Waals surface area contributed by atoms with Crippen LogP contribution in [0, 0.1) is 5.41 Å². The van der Waals surface area contributed by atoms with Crippen LogP contribution in [0.5, 0.6) is 5.75 Å². The SMILES string of the molecule is CCC1(CNC(=NC)NCCc2ccc(OCC(N)=O)cc2)CCCC1.I. The fourth-order valence-corrected chi connectivity index (χ4v) is 3.50. The highest BCUT2D eigenvalue weighted by molar-refractivity contribution is 14.0. The van der Waals surface area contributed by atoms with Crippen molar-refractivity contribution in [3.05, 3.63) is 29.8 Å². The highest BCUT2D eigenvalue weighted by Crippen LogP contribution is 2.40. The molecule has 0 heterocycles. The van der Waals surface area contributed by atoms with Gasteiger partial charge >= 0.3 is 0 Å². The number of carbonyl (C=O) groups is 1. The number of aliphatic imine (C=N–C) groups is 1. The molecule has 152 valence electrons. The summed E-state index contributed by atoms with van der Waals surface area (Å²) in [5.41, 5.74) is 6.71. The molecule has 1 amide bonds. The quantitative estimate of drug-likeness (QED) is 0.284. The maximum absolute atomic E-state index is 10.7. The number of nitrogens with one attached hydrogen (secondary N) is 2. The van der Waals surface area contributed by atoms with Gasteiger partial charge in [-0.1, -0.05) is 31.9 Å². The largest absolute Gasteiger partial charge is 0.484 e. The Hall–Kier alpha value is -1.51. The molecule has 0 atom stereocenters. The molecule has 1 aliphatic rings. The molecule has 4 N–H and O–H groups in total. The Balaban J connectivity index is 0.00000364. The molecule has 2 rings (SSSR count). The van der Waals surface area contributed by atoms with Gasteiger partial charge < -0.3 is 21.1 Å². The van der Waals surface area contributed by atoms with Crippen LogP contribution in [-0.2, 0) is 11.2 Å². The van der Waals surface area contributed by atoms with Crippen LogP contribution in [0.3, 0.4) is 0 Å². The van der Waals surface area contributed by atoms with Gasteiger partial charge in [0.1, 0.15) is 5.75 Å². The minimum absolute atomic E-state index is 0. The van der Waals surface area contributed by atoms with Crippen LogP contribution in [0.15, 0.2) is 29.3 Å². The van der Waals surface area contributed by atoms with E-state index in [-0.39, 0.29) is 30.6 Å². The van der Waals surface area contributed by atoms with Crippen molar-refractivity contribution in [2.45, 2.75) is 45.4 Å². The maximum Gasteiger partial charge on any atom is 0.255 e. The van der Waals surface area contributed by atoms with Crippen molar-refractivity contribution in [2.75, 3.05) is 26.7 Å². The molecule has 1 fully saturated rings. The van der Waals surface area contributed by atoms with Crippen LogP contribution in [0.2, 0.25) is 0 Å². The lowest BCUT2D eigenvalue weighted by molar-refractivity contribution is -0.119. The highest BCUT2D eigenvalue weighted by Gasteiger charge is 2.31. The number of guanidine groups is 1. The highest BCUT2D eigenvalue weighted by atomic mass is 127. The lowest BCUT2D eigenvalue weighted by atomic mass is 9.83. The lowest BCUT2D eigenvalue weighted by Crippen LogP contribution is -2.43. The Kier molecular flexibility index (Phi) is 10.5. The fraction of sp³-hybridized carbons (Fsp3) is 0.600. The number of nitrogens with zero attached hydrogens (tertiary/aromatic N) is 1. The Bertz CT molecular complexity index is 599. The topological polar surface area (TPSA) is 88.7 Å². The summed E-state index contributed by atoms with van der Waals surface area (Å²) >= 11 is 0. The molecule has 0 radical (unpaired) electrons. The number of halogens is 1. The first kappa shape index (κ1) is 23.5. The molecule has 1 aromatic carbocycles. The third-order valence-electron chi connectivity index (χ3n) is 5.28. The van der Waals surface area contributed by atoms with E-state index in [1.807, 2.05) is 31.3 Å². The molecule has 27 heavy (non-hydrogen) atoms. The van der Waals surface area contributed by atoms with E-state index in [0.717, 1.165) is 25.5 Å². The number of nitrogens with two attached hydrogens (primary N) is 1. The van der Waals surface area contributed by atoms with Crippen LogP contribution >= 0.6 is 24.0 Å². The van der Waals surface area contributed by atoms with E-state index in [0.29, 0.717) is 11.2 Å². The van der Waals surface area contributed by atoms with E-state index in [1.165, 1.54) is 37.7 Å². The summed E-state index contributed by atoms with van der Waals surface area (Å²) in [7, 11) is 1.81. The minimum Gasteiger partial charge on any atom is -0.484 e. The fourth-order valence-electron chi connectivity index (χ4n) is 3.50. The number of rotatable bonds is 9. The summed E-state index contributed by atoms with van der Waals surface area (Å²) in [4.78, 5) is 15.1. The van der Waals surface area contributed by atoms with Crippen LogP contribution in [0.25, 0.3) is 0 Å². The summed E-state index contributed by atoms with van der Waals surface area (Å²) in [5.74, 6) is 1.05. The Morgan fingerprint density at radius 1 is 1.22 bits per heavy atom. The van der Waals surface area contributed by atoms with Gasteiger partial charge in [-0.15, -0.1) is 24.0 Å². The monoisotopic (exact) mass is 488 g/mol. The zero-order valence-electron chi connectivity index (χ0n) is 16.4. The van der Waals surface area contributed by atoms with Crippen LogP contribution in [0.4, 0.5) is 0 Å². The molecule has 6 nitrogen and oxygen atoms in total. The van der Waals surface area contributed by atoms with E-state index in [2.05, 4.69) is 22.5 Å². The summed E-state index contributed by atoms with van der Waals surface area (Å²) in [6.45, 7) is 4.00. The van der Waals surface area contributed by atoms with Gasteiger partial charge in [0.05, 0.1) is 0 Å². The predicted molar refractivity (Wildman–Crippen MR) is 121 cm³/mol. The molecular weight excluding hydrogens is 455 g/mol. The van der Waals surface area contributed by atoms with Gasteiger partial charge in [-0.3, -0.25) is 9.79 Å². The number of hydrogen-bond acceptors (Lipinski definition) is 3. The number of amides is 1. The van der Waals surface area contributed by atoms with Crippen molar-refractivity contribution in [3.63, 3.8) is 0 Å². The molecule has 1 saturated carbocycles. The molecule has 0 aliphatic heterocycles. The first-order valence-electron chi connectivity index (χ1n) is 9.51. The number of hydrogen-bond donors (Lipinski definition) is 3. The Morgan fingerprint density at radius 2 is 1.89 bits per heavy atom. The number of benzene rings is 1. The van der Waals surface area contributed by atoms with E-state index in [4.69, 9.17) is 10.5 Å². The van der Waals surface area contributed by atoms with Crippen LogP contribution < -0.4 is 21.1 Å². The van der Waals surface area contributed by atoms with Crippen molar-refractivity contribution >= 4 is 35.8 Å². The minimum atomic E-state index is -0.473. The van der Waals surface area contributed by atoms with E-state index < -0.39 is 5.91 Å².